The Morgan fingerprint density at radius 2 is 2.29 bits per heavy atom. The number of ether oxygens (including phenoxy) is 1. The lowest BCUT2D eigenvalue weighted by Gasteiger charge is -2.21. The minimum Gasteiger partial charge on any atom is -0.373 e. The van der Waals surface area contributed by atoms with E-state index in [-0.39, 0.29) is 6.04 Å². The molecule has 0 spiro atoms. The van der Waals surface area contributed by atoms with Gasteiger partial charge in [0, 0.05) is 4.88 Å². The molecule has 1 aliphatic carbocycles. The van der Waals surface area contributed by atoms with Gasteiger partial charge in [0.05, 0.1) is 23.9 Å². The highest BCUT2D eigenvalue weighted by atomic mass is 32.1. The normalized spacial score (nSPS) is 29.5. The Morgan fingerprint density at radius 1 is 1.41 bits per heavy atom. The van der Waals surface area contributed by atoms with Crippen LogP contribution in [0.1, 0.15) is 47.8 Å². The molecule has 1 N–H and O–H groups in total. The summed E-state index contributed by atoms with van der Waals surface area (Å²) >= 11 is 1.89. The maximum Gasteiger partial charge on any atom is 0.113 e. The second-order valence-electron chi connectivity index (χ2n) is 5.10. The molecule has 4 heteroatoms. The molecule has 2 heterocycles. The Morgan fingerprint density at radius 3 is 2.94 bits per heavy atom. The summed E-state index contributed by atoms with van der Waals surface area (Å²) < 4.78 is 5.97. The summed E-state index contributed by atoms with van der Waals surface area (Å²) in [6, 6.07) is 0.288. The minimum atomic E-state index is 0.288. The molecule has 1 aromatic rings. The van der Waals surface area contributed by atoms with Crippen LogP contribution in [0.5, 0.6) is 0 Å². The molecule has 17 heavy (non-hydrogen) atoms. The fourth-order valence-electron chi connectivity index (χ4n) is 2.89. The second-order valence-corrected chi connectivity index (χ2v) is 6.22. The predicted octanol–water partition coefficient (Wildman–Crippen LogP) is 2.46. The highest BCUT2D eigenvalue weighted by Crippen LogP contribution is 2.35. The molecule has 1 aromatic heterocycles. The lowest BCUT2D eigenvalue weighted by atomic mass is 10.1. The van der Waals surface area contributed by atoms with Crippen LogP contribution >= 0.6 is 11.3 Å². The van der Waals surface area contributed by atoms with Crippen molar-refractivity contribution in [2.24, 2.45) is 0 Å². The van der Waals surface area contributed by atoms with E-state index in [0.29, 0.717) is 12.2 Å². The van der Waals surface area contributed by atoms with E-state index in [0.717, 1.165) is 6.42 Å². The molecule has 1 fully saturated rings. The number of nitrogens with one attached hydrogen (secondary N) is 1. The number of thiazole rings is 1. The SMILES string of the molecule is CNC(c1nc2c(s1)CCC2)C1CCC(C)O1. The van der Waals surface area contributed by atoms with Crippen molar-refractivity contribution in [3.8, 4) is 0 Å². The number of fused-ring (bicyclic) bond motifs is 1. The summed E-state index contributed by atoms with van der Waals surface area (Å²) in [5.41, 5.74) is 1.34. The third-order valence-electron chi connectivity index (χ3n) is 3.83. The van der Waals surface area contributed by atoms with Gasteiger partial charge in [0.1, 0.15) is 5.01 Å². The van der Waals surface area contributed by atoms with Crippen molar-refractivity contribution in [2.45, 2.75) is 57.3 Å². The zero-order valence-electron chi connectivity index (χ0n) is 10.5. The summed E-state index contributed by atoms with van der Waals surface area (Å²) in [6.07, 6.45) is 6.72. The number of nitrogens with zero attached hydrogens (tertiary/aromatic N) is 1. The Kier molecular flexibility index (Phi) is 3.19. The zero-order chi connectivity index (χ0) is 11.8. The molecule has 0 amide bonds. The van der Waals surface area contributed by atoms with E-state index in [9.17, 15) is 0 Å². The van der Waals surface area contributed by atoms with Gasteiger partial charge in [0.25, 0.3) is 0 Å². The number of rotatable bonds is 3. The van der Waals surface area contributed by atoms with Gasteiger partial charge in [0.2, 0.25) is 0 Å². The number of hydrogen-bond acceptors (Lipinski definition) is 4. The zero-order valence-corrected chi connectivity index (χ0v) is 11.3. The molecule has 3 rings (SSSR count). The number of aromatic nitrogens is 1. The van der Waals surface area contributed by atoms with Crippen LogP contribution in [-0.4, -0.2) is 24.2 Å². The van der Waals surface area contributed by atoms with Crippen LogP contribution in [0.3, 0.4) is 0 Å². The average molecular weight is 252 g/mol. The van der Waals surface area contributed by atoms with Gasteiger partial charge >= 0.3 is 0 Å². The Labute approximate surface area is 107 Å². The summed E-state index contributed by atoms with van der Waals surface area (Å²) in [5.74, 6) is 0. The van der Waals surface area contributed by atoms with E-state index in [2.05, 4.69) is 12.2 Å². The molecule has 1 saturated heterocycles. The van der Waals surface area contributed by atoms with E-state index in [1.165, 1.54) is 41.3 Å². The van der Waals surface area contributed by atoms with Crippen LogP contribution in [0, 0.1) is 0 Å². The topological polar surface area (TPSA) is 34.2 Å². The summed E-state index contributed by atoms with van der Waals surface area (Å²) in [5, 5.41) is 4.63. The van der Waals surface area contributed by atoms with Crippen molar-refractivity contribution in [1.29, 1.82) is 0 Å². The molecule has 1 aliphatic heterocycles. The van der Waals surface area contributed by atoms with E-state index in [4.69, 9.17) is 9.72 Å². The predicted molar refractivity (Wildman–Crippen MR) is 69.5 cm³/mol. The number of likely N-dealkylation sites (N-methyl/N-ethyl adjacent to an activating group) is 1. The first kappa shape index (κ1) is 11.6. The van der Waals surface area contributed by atoms with Crippen LogP contribution in [0.15, 0.2) is 0 Å². The first-order valence-electron chi connectivity index (χ1n) is 6.59. The minimum absolute atomic E-state index is 0.288. The Balaban J connectivity index is 1.79. The summed E-state index contributed by atoms with van der Waals surface area (Å²) in [4.78, 5) is 6.31. The fraction of sp³-hybridized carbons (Fsp3) is 0.769. The lowest BCUT2D eigenvalue weighted by molar-refractivity contribution is 0.0332. The molecule has 2 aliphatic rings. The van der Waals surface area contributed by atoms with Gasteiger partial charge in [-0.3, -0.25) is 0 Å². The third-order valence-corrected chi connectivity index (χ3v) is 5.07. The van der Waals surface area contributed by atoms with Crippen molar-refractivity contribution in [3.63, 3.8) is 0 Å². The maximum atomic E-state index is 5.97. The van der Waals surface area contributed by atoms with E-state index >= 15 is 0 Å². The van der Waals surface area contributed by atoms with Gasteiger partial charge in [-0.1, -0.05) is 0 Å². The molecule has 3 atom stereocenters. The smallest absolute Gasteiger partial charge is 0.113 e. The first-order chi connectivity index (χ1) is 8.28. The quantitative estimate of drug-likeness (QED) is 0.897. The molecule has 0 saturated carbocycles. The lowest BCUT2D eigenvalue weighted by Crippen LogP contribution is -2.29. The van der Waals surface area contributed by atoms with Crippen LogP contribution in [0.4, 0.5) is 0 Å². The van der Waals surface area contributed by atoms with E-state index in [1.54, 1.807) is 0 Å². The van der Waals surface area contributed by atoms with Gasteiger partial charge in [-0.2, -0.15) is 0 Å². The van der Waals surface area contributed by atoms with Crippen molar-refractivity contribution in [1.82, 2.24) is 10.3 Å². The molecule has 3 nitrogen and oxygen atoms in total. The van der Waals surface area contributed by atoms with Gasteiger partial charge < -0.3 is 10.1 Å². The highest BCUT2D eigenvalue weighted by Gasteiger charge is 2.32. The fourth-order valence-corrected chi connectivity index (χ4v) is 4.21. The second kappa shape index (κ2) is 4.67. The van der Waals surface area contributed by atoms with E-state index < -0.39 is 0 Å². The number of aryl methyl sites for hydroxylation is 2. The first-order valence-corrected chi connectivity index (χ1v) is 7.41. The van der Waals surface area contributed by atoms with E-state index in [1.807, 2.05) is 18.4 Å². The molecular formula is C13H20N2OS. The van der Waals surface area contributed by atoms with Crippen molar-refractivity contribution in [2.75, 3.05) is 7.05 Å². The van der Waals surface area contributed by atoms with Crippen molar-refractivity contribution < 1.29 is 4.74 Å². The standard InChI is InChI=1S/C13H20N2OS/c1-8-6-7-10(16-8)12(14-2)13-15-9-4-3-5-11(9)17-13/h8,10,12,14H,3-7H2,1-2H3. The molecule has 94 valence electrons. The largest absolute Gasteiger partial charge is 0.373 e. The summed E-state index contributed by atoms with van der Waals surface area (Å²) in [6.45, 7) is 2.16. The van der Waals surface area contributed by atoms with Gasteiger partial charge in [-0.05, 0) is 46.1 Å². The average Bonchev–Trinajstić information content (AvgIpc) is 2.95. The highest BCUT2D eigenvalue weighted by molar-refractivity contribution is 7.11. The van der Waals surface area contributed by atoms with Crippen molar-refractivity contribution >= 4 is 11.3 Å². The number of hydrogen-bond donors (Lipinski definition) is 1. The van der Waals surface area contributed by atoms with Crippen LogP contribution in [-0.2, 0) is 17.6 Å². The van der Waals surface area contributed by atoms with Gasteiger partial charge in [-0.15, -0.1) is 11.3 Å². The molecule has 0 bridgehead atoms. The van der Waals surface area contributed by atoms with Crippen LogP contribution < -0.4 is 5.32 Å². The van der Waals surface area contributed by atoms with Gasteiger partial charge in [-0.25, -0.2) is 4.98 Å². The summed E-state index contributed by atoms with van der Waals surface area (Å²) in [7, 11) is 2.02. The maximum absolute atomic E-state index is 5.97. The molecule has 0 radical (unpaired) electrons. The van der Waals surface area contributed by atoms with Crippen LogP contribution in [0.2, 0.25) is 0 Å². The molecule has 3 unspecified atom stereocenters. The third kappa shape index (κ3) is 2.14. The van der Waals surface area contributed by atoms with Gasteiger partial charge in [0.15, 0.2) is 0 Å². The molecular weight excluding hydrogens is 232 g/mol. The Hall–Kier alpha value is -0.450. The monoisotopic (exact) mass is 252 g/mol. The Bertz CT molecular complexity index is 383. The molecule has 0 aromatic carbocycles. The van der Waals surface area contributed by atoms with Crippen LogP contribution in [0.25, 0.3) is 0 Å². The van der Waals surface area contributed by atoms with Crippen molar-refractivity contribution in [3.05, 3.63) is 15.6 Å².